The van der Waals surface area contributed by atoms with E-state index in [2.05, 4.69) is 62.5 Å². The van der Waals surface area contributed by atoms with Gasteiger partial charge in [0.1, 0.15) is 13.2 Å². The largest absolute Gasteiger partial charge is 0.477 e. The highest BCUT2D eigenvalue weighted by molar-refractivity contribution is 5.71. The molecule has 0 saturated heterocycles. The number of aliphatic carboxylic acids is 1. The van der Waals surface area contributed by atoms with E-state index in [4.69, 9.17) is 18.9 Å². The average molecular weight is 861 g/mol. The molecule has 0 spiro atoms. The van der Waals surface area contributed by atoms with E-state index < -0.39 is 24.3 Å². The van der Waals surface area contributed by atoms with Crippen molar-refractivity contribution in [1.29, 1.82) is 0 Å². The van der Waals surface area contributed by atoms with Crippen molar-refractivity contribution in [2.24, 2.45) is 0 Å². The minimum Gasteiger partial charge on any atom is -0.477 e. The van der Waals surface area contributed by atoms with E-state index in [1.165, 1.54) is 83.5 Å². The summed E-state index contributed by atoms with van der Waals surface area (Å²) in [6, 6.07) is 0. The highest BCUT2D eigenvalue weighted by Crippen LogP contribution is 2.14. The van der Waals surface area contributed by atoms with Crippen LogP contribution in [0.2, 0.25) is 0 Å². The first-order chi connectivity index (χ1) is 29.6. The number of nitrogens with zero attached hydrogens (tertiary/aromatic N) is 1. The third kappa shape index (κ3) is 45.1. The van der Waals surface area contributed by atoms with Crippen LogP contribution in [-0.2, 0) is 33.3 Å². The van der Waals surface area contributed by atoms with Gasteiger partial charge in [0, 0.05) is 12.8 Å². The lowest BCUT2D eigenvalue weighted by Gasteiger charge is -2.25. The fourth-order valence-corrected chi connectivity index (χ4v) is 6.66. The summed E-state index contributed by atoms with van der Waals surface area (Å²) in [5.74, 6) is -2.03. The van der Waals surface area contributed by atoms with Crippen molar-refractivity contribution in [3.05, 3.63) is 48.6 Å². The van der Waals surface area contributed by atoms with Crippen LogP contribution in [0.3, 0.4) is 0 Å². The van der Waals surface area contributed by atoms with Crippen LogP contribution >= 0.6 is 0 Å². The molecule has 0 radical (unpaired) electrons. The number of quaternary nitrogens is 1. The Kier molecular flexibility index (Phi) is 41.9. The molecular formula is C52H94NO8+. The van der Waals surface area contributed by atoms with Crippen molar-refractivity contribution in [2.45, 2.75) is 219 Å². The van der Waals surface area contributed by atoms with E-state index in [1.807, 2.05) is 21.1 Å². The molecular weight excluding hydrogens is 767 g/mol. The zero-order chi connectivity index (χ0) is 44.9. The third-order valence-electron chi connectivity index (χ3n) is 10.6. The Morgan fingerprint density at radius 3 is 1.33 bits per heavy atom. The number of hydrogen-bond acceptors (Lipinski definition) is 7. The van der Waals surface area contributed by atoms with Crippen LogP contribution in [0.15, 0.2) is 48.6 Å². The molecule has 0 aromatic carbocycles. The molecule has 0 aliphatic heterocycles. The zero-order valence-corrected chi connectivity index (χ0v) is 40.1. The number of allylic oxidation sites excluding steroid dienone is 8. The number of rotatable bonds is 45. The minimum atomic E-state index is -1.52. The summed E-state index contributed by atoms with van der Waals surface area (Å²) in [4.78, 5) is 37.2. The second-order valence-electron chi connectivity index (χ2n) is 17.8. The van der Waals surface area contributed by atoms with Gasteiger partial charge in [-0.2, -0.15) is 0 Å². The van der Waals surface area contributed by atoms with Gasteiger partial charge in [-0.3, -0.25) is 9.59 Å². The van der Waals surface area contributed by atoms with Crippen LogP contribution in [0.5, 0.6) is 0 Å². The van der Waals surface area contributed by atoms with Gasteiger partial charge in [0.15, 0.2) is 6.10 Å². The SMILES string of the molecule is CCCCCCC/C=C\C/C=C\C/C=C\CCCCCCCCC(=O)OC(COC(=O)CCCCCCC/C=C\CCCCCCCC)COC(OCC[N+](C)(C)C)C(=O)O. The van der Waals surface area contributed by atoms with Crippen LogP contribution in [-0.4, -0.2) is 87.4 Å². The quantitative estimate of drug-likeness (QED) is 0.0212. The molecule has 0 saturated carbocycles. The summed E-state index contributed by atoms with van der Waals surface area (Å²) < 4.78 is 22.8. The second kappa shape index (κ2) is 43.9. The molecule has 0 amide bonds. The predicted molar refractivity (Wildman–Crippen MR) is 253 cm³/mol. The van der Waals surface area contributed by atoms with Crippen molar-refractivity contribution in [1.82, 2.24) is 0 Å². The first-order valence-corrected chi connectivity index (χ1v) is 24.8. The number of hydrogen-bond donors (Lipinski definition) is 1. The predicted octanol–water partition coefficient (Wildman–Crippen LogP) is 13.6. The van der Waals surface area contributed by atoms with Gasteiger partial charge in [-0.15, -0.1) is 0 Å². The zero-order valence-electron chi connectivity index (χ0n) is 40.1. The van der Waals surface area contributed by atoms with E-state index in [1.54, 1.807) is 0 Å². The topological polar surface area (TPSA) is 108 Å². The fraction of sp³-hybridized carbons (Fsp3) is 0.788. The van der Waals surface area contributed by atoms with Crippen LogP contribution in [0.1, 0.15) is 206 Å². The first kappa shape index (κ1) is 58.2. The van der Waals surface area contributed by atoms with Gasteiger partial charge in [-0.05, 0) is 77.0 Å². The average Bonchev–Trinajstić information content (AvgIpc) is 3.22. The molecule has 9 heteroatoms. The molecule has 0 aliphatic carbocycles. The summed E-state index contributed by atoms with van der Waals surface area (Å²) in [6.45, 7) is 4.83. The summed E-state index contributed by atoms with van der Waals surface area (Å²) in [6.07, 6.45) is 48.8. The van der Waals surface area contributed by atoms with Crippen molar-refractivity contribution >= 4 is 17.9 Å². The van der Waals surface area contributed by atoms with E-state index >= 15 is 0 Å². The standard InChI is InChI=1S/C52H93NO8/c1-6-8-10-12-14-16-18-20-22-23-24-25-26-27-29-31-33-35-37-39-41-43-50(55)61-48(47-60-52(51(56)57)58-45-44-53(3,4)5)46-59-49(54)42-40-38-36-34-32-30-28-21-19-17-15-13-11-9-7-2/h18,20-21,23-24,26-28,48,52H,6-17,19,22,25,29-47H2,1-5H3/p+1/b20-18-,24-23-,27-26-,28-21-. The molecule has 0 aliphatic rings. The van der Waals surface area contributed by atoms with Gasteiger partial charge < -0.3 is 28.5 Å². The van der Waals surface area contributed by atoms with Crippen LogP contribution in [0.4, 0.5) is 0 Å². The Morgan fingerprint density at radius 2 is 0.885 bits per heavy atom. The van der Waals surface area contributed by atoms with Crippen LogP contribution < -0.4 is 0 Å². The lowest BCUT2D eigenvalue weighted by atomic mass is 10.1. The second-order valence-corrected chi connectivity index (χ2v) is 17.8. The maximum absolute atomic E-state index is 12.8. The number of unbranched alkanes of at least 4 members (excludes halogenated alkanes) is 22. The van der Waals surface area contributed by atoms with Gasteiger partial charge in [0.05, 0.1) is 34.4 Å². The summed E-state index contributed by atoms with van der Waals surface area (Å²) in [7, 11) is 5.95. The van der Waals surface area contributed by atoms with Gasteiger partial charge in [-0.25, -0.2) is 4.79 Å². The normalized spacial score (nSPS) is 13.3. The lowest BCUT2D eigenvalue weighted by molar-refractivity contribution is -0.870. The van der Waals surface area contributed by atoms with Crippen LogP contribution in [0, 0.1) is 0 Å². The highest BCUT2D eigenvalue weighted by atomic mass is 16.7. The molecule has 61 heavy (non-hydrogen) atoms. The number of carboxylic acids is 1. The Bertz CT molecular complexity index is 1140. The van der Waals surface area contributed by atoms with Crippen molar-refractivity contribution in [3.8, 4) is 0 Å². The van der Waals surface area contributed by atoms with Gasteiger partial charge in [-0.1, -0.05) is 165 Å². The number of ether oxygens (including phenoxy) is 4. The Balaban J connectivity index is 4.41. The Morgan fingerprint density at radius 1 is 0.492 bits per heavy atom. The fourth-order valence-electron chi connectivity index (χ4n) is 6.66. The van der Waals surface area contributed by atoms with Crippen molar-refractivity contribution < 1.29 is 42.9 Å². The molecule has 0 rings (SSSR count). The minimum absolute atomic E-state index is 0.182. The number of carboxylic acid groups (broad SMARTS) is 1. The molecule has 0 aromatic rings. The summed E-state index contributed by atoms with van der Waals surface area (Å²) in [5.41, 5.74) is 0. The molecule has 9 nitrogen and oxygen atoms in total. The number of esters is 2. The maximum Gasteiger partial charge on any atom is 0.361 e. The first-order valence-electron chi connectivity index (χ1n) is 24.8. The van der Waals surface area contributed by atoms with Crippen LogP contribution in [0.25, 0.3) is 0 Å². The monoisotopic (exact) mass is 861 g/mol. The van der Waals surface area contributed by atoms with Gasteiger partial charge in [0.2, 0.25) is 0 Å². The molecule has 0 fully saturated rings. The van der Waals surface area contributed by atoms with E-state index in [9.17, 15) is 19.5 Å². The Labute approximate surface area is 374 Å². The molecule has 0 aromatic heterocycles. The highest BCUT2D eigenvalue weighted by Gasteiger charge is 2.25. The summed E-state index contributed by atoms with van der Waals surface area (Å²) in [5, 5.41) is 9.66. The number of carbonyl (C=O) groups is 3. The smallest absolute Gasteiger partial charge is 0.361 e. The van der Waals surface area contributed by atoms with E-state index in [-0.39, 0.29) is 38.6 Å². The molecule has 2 unspecified atom stereocenters. The number of carbonyl (C=O) groups excluding carboxylic acids is 2. The van der Waals surface area contributed by atoms with Gasteiger partial charge in [0.25, 0.3) is 6.29 Å². The van der Waals surface area contributed by atoms with Crippen molar-refractivity contribution in [2.75, 3.05) is 47.5 Å². The van der Waals surface area contributed by atoms with Crippen molar-refractivity contribution in [3.63, 3.8) is 0 Å². The Hall–Kier alpha value is -2.75. The summed E-state index contributed by atoms with van der Waals surface area (Å²) >= 11 is 0. The lowest BCUT2D eigenvalue weighted by Crippen LogP contribution is -2.40. The van der Waals surface area contributed by atoms with E-state index in [0.29, 0.717) is 17.4 Å². The maximum atomic E-state index is 12.8. The number of likely N-dealkylation sites (N-methyl/N-ethyl adjacent to an activating group) is 1. The molecule has 0 bridgehead atoms. The third-order valence-corrected chi connectivity index (χ3v) is 10.6. The molecule has 2 atom stereocenters. The molecule has 354 valence electrons. The molecule has 1 N–H and O–H groups in total. The van der Waals surface area contributed by atoms with Gasteiger partial charge >= 0.3 is 17.9 Å². The molecule has 0 heterocycles. The van der Waals surface area contributed by atoms with E-state index in [0.717, 1.165) is 89.9 Å².